The van der Waals surface area contributed by atoms with Gasteiger partial charge in [-0.25, -0.2) is 9.97 Å². The van der Waals surface area contributed by atoms with Crippen molar-refractivity contribution in [2.75, 3.05) is 0 Å². The summed E-state index contributed by atoms with van der Waals surface area (Å²) < 4.78 is 5.77. The maximum Gasteiger partial charge on any atom is 0.247 e. The Morgan fingerprint density at radius 2 is 2.00 bits per heavy atom. The standard InChI is InChI=1S/C13H17N3O/c14-8-10-6-7-11-13(15-10)17-12(16-11)9-4-2-1-3-5-9/h6-7,9H,1-5,8,14H2. The lowest BCUT2D eigenvalue weighted by Crippen LogP contribution is -2.04. The minimum Gasteiger partial charge on any atom is -0.422 e. The molecular weight excluding hydrogens is 214 g/mol. The number of nitrogens with zero attached hydrogens (tertiary/aromatic N) is 2. The van der Waals surface area contributed by atoms with Crippen LogP contribution in [0.5, 0.6) is 0 Å². The Kier molecular flexibility index (Phi) is 2.81. The highest BCUT2D eigenvalue weighted by Crippen LogP contribution is 2.33. The van der Waals surface area contributed by atoms with Crippen LogP contribution in [0.3, 0.4) is 0 Å². The molecule has 90 valence electrons. The Hall–Kier alpha value is -1.42. The summed E-state index contributed by atoms with van der Waals surface area (Å²) in [6.07, 6.45) is 6.29. The molecule has 0 aromatic carbocycles. The summed E-state index contributed by atoms with van der Waals surface area (Å²) in [6.45, 7) is 0.440. The number of aromatic nitrogens is 2. The van der Waals surface area contributed by atoms with Crippen molar-refractivity contribution in [1.29, 1.82) is 0 Å². The van der Waals surface area contributed by atoms with Crippen molar-refractivity contribution in [3.8, 4) is 0 Å². The number of oxazole rings is 1. The number of pyridine rings is 1. The van der Waals surface area contributed by atoms with E-state index in [9.17, 15) is 0 Å². The molecule has 17 heavy (non-hydrogen) atoms. The average Bonchev–Trinajstić information content (AvgIpc) is 2.82. The van der Waals surface area contributed by atoms with Crippen LogP contribution in [0.25, 0.3) is 11.2 Å². The minimum atomic E-state index is 0.440. The molecule has 1 fully saturated rings. The topological polar surface area (TPSA) is 64.9 Å². The molecule has 2 N–H and O–H groups in total. The summed E-state index contributed by atoms with van der Waals surface area (Å²) in [5, 5.41) is 0. The summed E-state index contributed by atoms with van der Waals surface area (Å²) in [5.41, 5.74) is 7.90. The van der Waals surface area contributed by atoms with Crippen molar-refractivity contribution < 1.29 is 4.42 Å². The largest absolute Gasteiger partial charge is 0.422 e. The summed E-state index contributed by atoms with van der Waals surface area (Å²) in [7, 11) is 0. The quantitative estimate of drug-likeness (QED) is 0.863. The van der Waals surface area contributed by atoms with Gasteiger partial charge in [0.05, 0.1) is 5.69 Å². The van der Waals surface area contributed by atoms with Gasteiger partial charge >= 0.3 is 0 Å². The molecule has 0 aliphatic heterocycles. The second-order valence-corrected chi connectivity index (χ2v) is 4.72. The first-order chi connectivity index (χ1) is 8.36. The van der Waals surface area contributed by atoms with Gasteiger partial charge < -0.3 is 10.2 Å². The Labute approximate surface area is 100 Å². The van der Waals surface area contributed by atoms with E-state index < -0.39 is 0 Å². The predicted octanol–water partition coefficient (Wildman–Crippen LogP) is 2.73. The van der Waals surface area contributed by atoms with Crippen molar-refractivity contribution in [2.24, 2.45) is 5.73 Å². The monoisotopic (exact) mass is 231 g/mol. The number of rotatable bonds is 2. The molecular formula is C13H17N3O. The van der Waals surface area contributed by atoms with Gasteiger partial charge in [-0.3, -0.25) is 0 Å². The molecule has 1 saturated carbocycles. The molecule has 4 heteroatoms. The summed E-state index contributed by atoms with van der Waals surface area (Å²) in [4.78, 5) is 8.90. The molecule has 1 aliphatic carbocycles. The maximum atomic E-state index is 5.77. The van der Waals surface area contributed by atoms with Gasteiger partial charge in [0.1, 0.15) is 5.52 Å². The lowest BCUT2D eigenvalue weighted by molar-refractivity contribution is 0.371. The smallest absolute Gasteiger partial charge is 0.247 e. The van der Waals surface area contributed by atoms with Crippen LogP contribution in [-0.2, 0) is 6.54 Å². The van der Waals surface area contributed by atoms with Gasteiger partial charge in [-0.2, -0.15) is 0 Å². The van der Waals surface area contributed by atoms with Crippen molar-refractivity contribution in [3.05, 3.63) is 23.7 Å². The van der Waals surface area contributed by atoms with Gasteiger partial charge in [0.15, 0.2) is 0 Å². The predicted molar refractivity (Wildman–Crippen MR) is 65.5 cm³/mol. The van der Waals surface area contributed by atoms with E-state index in [4.69, 9.17) is 10.2 Å². The van der Waals surface area contributed by atoms with Crippen LogP contribution in [-0.4, -0.2) is 9.97 Å². The lowest BCUT2D eigenvalue weighted by atomic mass is 9.89. The van der Waals surface area contributed by atoms with Crippen LogP contribution in [0.1, 0.15) is 49.6 Å². The van der Waals surface area contributed by atoms with Crippen LogP contribution >= 0.6 is 0 Å². The highest BCUT2D eigenvalue weighted by molar-refractivity contribution is 5.68. The fourth-order valence-electron chi connectivity index (χ4n) is 2.51. The fourth-order valence-corrected chi connectivity index (χ4v) is 2.51. The molecule has 0 amide bonds. The Morgan fingerprint density at radius 3 is 2.76 bits per heavy atom. The van der Waals surface area contributed by atoms with Crippen LogP contribution in [0.4, 0.5) is 0 Å². The van der Waals surface area contributed by atoms with Crippen molar-refractivity contribution in [1.82, 2.24) is 9.97 Å². The average molecular weight is 231 g/mol. The molecule has 4 nitrogen and oxygen atoms in total. The van der Waals surface area contributed by atoms with Crippen molar-refractivity contribution in [2.45, 2.75) is 44.6 Å². The minimum absolute atomic E-state index is 0.440. The first-order valence-electron chi connectivity index (χ1n) is 6.33. The highest BCUT2D eigenvalue weighted by Gasteiger charge is 2.21. The first kappa shape index (κ1) is 10.7. The van der Waals surface area contributed by atoms with E-state index >= 15 is 0 Å². The van der Waals surface area contributed by atoms with Crippen LogP contribution in [0.15, 0.2) is 16.5 Å². The molecule has 3 rings (SSSR count). The Morgan fingerprint density at radius 1 is 1.18 bits per heavy atom. The zero-order chi connectivity index (χ0) is 11.7. The van der Waals surface area contributed by atoms with Gasteiger partial charge in [-0.1, -0.05) is 19.3 Å². The van der Waals surface area contributed by atoms with Gasteiger partial charge in [0, 0.05) is 12.5 Å². The number of hydrogen-bond acceptors (Lipinski definition) is 4. The lowest BCUT2D eigenvalue weighted by Gasteiger charge is -2.17. The maximum absolute atomic E-state index is 5.77. The third-order valence-electron chi connectivity index (χ3n) is 3.49. The molecule has 2 aromatic heterocycles. The third-order valence-corrected chi connectivity index (χ3v) is 3.49. The Balaban J connectivity index is 1.95. The third kappa shape index (κ3) is 2.05. The zero-order valence-corrected chi connectivity index (χ0v) is 9.85. The fraction of sp³-hybridized carbons (Fsp3) is 0.538. The second kappa shape index (κ2) is 4.45. The van der Waals surface area contributed by atoms with E-state index in [1.165, 1.54) is 32.1 Å². The molecule has 2 aromatic rings. The van der Waals surface area contributed by atoms with E-state index in [1.54, 1.807) is 0 Å². The first-order valence-corrected chi connectivity index (χ1v) is 6.33. The van der Waals surface area contributed by atoms with E-state index in [2.05, 4.69) is 9.97 Å². The van der Waals surface area contributed by atoms with E-state index in [0.29, 0.717) is 18.2 Å². The molecule has 0 spiro atoms. The molecule has 0 unspecified atom stereocenters. The van der Waals surface area contributed by atoms with Crippen molar-refractivity contribution in [3.63, 3.8) is 0 Å². The molecule has 0 bridgehead atoms. The van der Waals surface area contributed by atoms with Gasteiger partial charge in [-0.15, -0.1) is 0 Å². The van der Waals surface area contributed by atoms with Crippen LogP contribution in [0, 0.1) is 0 Å². The Bertz CT molecular complexity index is 514. The molecule has 1 aliphatic rings. The number of hydrogen-bond donors (Lipinski definition) is 1. The number of fused-ring (bicyclic) bond motifs is 1. The summed E-state index contributed by atoms with van der Waals surface area (Å²) in [5.74, 6) is 1.35. The van der Waals surface area contributed by atoms with E-state index in [1.807, 2.05) is 12.1 Å². The SMILES string of the molecule is NCc1ccc2nc(C3CCCCC3)oc2n1. The van der Waals surface area contributed by atoms with E-state index in [0.717, 1.165) is 17.1 Å². The normalized spacial score (nSPS) is 17.7. The van der Waals surface area contributed by atoms with Gasteiger partial charge in [0.2, 0.25) is 11.6 Å². The second-order valence-electron chi connectivity index (χ2n) is 4.72. The molecule has 0 atom stereocenters. The summed E-state index contributed by atoms with van der Waals surface area (Å²) >= 11 is 0. The van der Waals surface area contributed by atoms with Gasteiger partial charge in [-0.05, 0) is 25.0 Å². The van der Waals surface area contributed by atoms with Gasteiger partial charge in [0.25, 0.3) is 0 Å². The molecule has 0 radical (unpaired) electrons. The summed E-state index contributed by atoms with van der Waals surface area (Å²) in [6, 6.07) is 3.86. The van der Waals surface area contributed by atoms with Crippen LogP contribution in [0.2, 0.25) is 0 Å². The highest BCUT2D eigenvalue weighted by atomic mass is 16.4. The van der Waals surface area contributed by atoms with Crippen LogP contribution < -0.4 is 5.73 Å². The number of nitrogens with two attached hydrogens (primary N) is 1. The zero-order valence-electron chi connectivity index (χ0n) is 9.85. The molecule has 0 saturated heterocycles. The molecule has 2 heterocycles. The van der Waals surface area contributed by atoms with Crippen molar-refractivity contribution >= 4 is 11.2 Å². The van der Waals surface area contributed by atoms with E-state index in [-0.39, 0.29) is 0 Å².